The summed E-state index contributed by atoms with van der Waals surface area (Å²) >= 11 is 0. The lowest BCUT2D eigenvalue weighted by molar-refractivity contribution is -0.136. The number of carbonyl (C=O) groups excluding carboxylic acids is 1. The third kappa shape index (κ3) is 4.56. The first-order valence-electron chi connectivity index (χ1n) is 8.81. The van der Waals surface area contributed by atoms with Gasteiger partial charge in [-0.25, -0.2) is 4.98 Å². The Balaban J connectivity index is 1.85. The van der Waals surface area contributed by atoms with Crippen LogP contribution in [0.3, 0.4) is 0 Å². The molecule has 5 heteroatoms. The van der Waals surface area contributed by atoms with E-state index in [9.17, 15) is 4.79 Å². The highest BCUT2D eigenvalue weighted by atomic mass is 16.4. The van der Waals surface area contributed by atoms with Crippen molar-refractivity contribution in [3.05, 3.63) is 17.8 Å². The van der Waals surface area contributed by atoms with Crippen molar-refractivity contribution in [3.63, 3.8) is 0 Å². The zero-order valence-corrected chi connectivity index (χ0v) is 15.3. The number of oxazole rings is 1. The van der Waals surface area contributed by atoms with Gasteiger partial charge in [0.05, 0.1) is 12.7 Å². The van der Waals surface area contributed by atoms with Crippen LogP contribution in [-0.2, 0) is 16.8 Å². The smallest absolute Gasteiger partial charge is 0.225 e. The first kappa shape index (κ1) is 18.0. The van der Waals surface area contributed by atoms with Gasteiger partial charge in [0.25, 0.3) is 0 Å². The SMILES string of the molecule is CCN(CC)C(=O)C1CCN(Cc2ncc(C(C)(C)C)o2)CC1. The molecule has 0 aromatic carbocycles. The maximum absolute atomic E-state index is 12.4. The number of aromatic nitrogens is 1. The second-order valence-corrected chi connectivity index (χ2v) is 7.43. The van der Waals surface area contributed by atoms with Crippen LogP contribution in [0.5, 0.6) is 0 Å². The molecule has 2 rings (SSSR count). The monoisotopic (exact) mass is 321 g/mol. The van der Waals surface area contributed by atoms with Crippen LogP contribution in [0, 0.1) is 5.92 Å². The summed E-state index contributed by atoms with van der Waals surface area (Å²) in [6.45, 7) is 14.7. The van der Waals surface area contributed by atoms with E-state index in [1.165, 1.54) is 0 Å². The van der Waals surface area contributed by atoms with Crippen LogP contribution in [0.2, 0.25) is 0 Å². The molecule has 5 nitrogen and oxygen atoms in total. The third-order valence-corrected chi connectivity index (χ3v) is 4.66. The van der Waals surface area contributed by atoms with Crippen molar-refractivity contribution in [3.8, 4) is 0 Å². The molecule has 0 N–H and O–H groups in total. The van der Waals surface area contributed by atoms with Gasteiger partial charge >= 0.3 is 0 Å². The minimum absolute atomic E-state index is 0.00553. The van der Waals surface area contributed by atoms with Gasteiger partial charge in [0, 0.05) is 24.4 Å². The quantitative estimate of drug-likeness (QED) is 0.836. The van der Waals surface area contributed by atoms with Crippen LogP contribution < -0.4 is 0 Å². The summed E-state index contributed by atoms with van der Waals surface area (Å²) in [4.78, 5) is 21.1. The molecule has 0 atom stereocenters. The number of hydrogen-bond donors (Lipinski definition) is 0. The molecule has 1 aromatic heterocycles. The topological polar surface area (TPSA) is 49.6 Å². The number of nitrogens with zero attached hydrogens (tertiary/aromatic N) is 3. The fourth-order valence-electron chi connectivity index (χ4n) is 3.05. The average molecular weight is 321 g/mol. The largest absolute Gasteiger partial charge is 0.444 e. The molecule has 1 aliphatic rings. The van der Waals surface area contributed by atoms with Crippen LogP contribution in [0.15, 0.2) is 10.6 Å². The Morgan fingerprint density at radius 1 is 1.30 bits per heavy atom. The fraction of sp³-hybridized carbons (Fsp3) is 0.778. The van der Waals surface area contributed by atoms with Gasteiger partial charge in [-0.05, 0) is 39.8 Å². The molecule has 0 bridgehead atoms. The predicted molar refractivity (Wildman–Crippen MR) is 91.1 cm³/mol. The van der Waals surface area contributed by atoms with E-state index in [1.807, 2.05) is 24.9 Å². The van der Waals surface area contributed by atoms with E-state index in [2.05, 4.69) is 30.7 Å². The number of amides is 1. The van der Waals surface area contributed by atoms with Crippen molar-refractivity contribution in [2.24, 2.45) is 5.92 Å². The number of piperidine rings is 1. The standard InChI is InChI=1S/C18H31N3O2/c1-6-21(7-2)17(22)14-8-10-20(11-9-14)13-16-19-12-15(23-16)18(3,4)5/h12,14H,6-11,13H2,1-5H3. The first-order valence-corrected chi connectivity index (χ1v) is 8.81. The van der Waals surface area contributed by atoms with Gasteiger partial charge in [-0.3, -0.25) is 9.69 Å². The molecule has 1 fully saturated rings. The molecule has 23 heavy (non-hydrogen) atoms. The van der Waals surface area contributed by atoms with Crippen LogP contribution in [-0.4, -0.2) is 46.9 Å². The van der Waals surface area contributed by atoms with Gasteiger partial charge in [-0.2, -0.15) is 0 Å². The summed E-state index contributed by atoms with van der Waals surface area (Å²) in [6.07, 6.45) is 3.70. The van der Waals surface area contributed by atoms with Crippen LogP contribution in [0.4, 0.5) is 0 Å². The highest BCUT2D eigenvalue weighted by molar-refractivity contribution is 5.78. The lowest BCUT2D eigenvalue weighted by Crippen LogP contribution is -2.42. The first-order chi connectivity index (χ1) is 10.8. The normalized spacial score (nSPS) is 17.4. The molecule has 0 radical (unpaired) electrons. The van der Waals surface area contributed by atoms with E-state index >= 15 is 0 Å². The lowest BCUT2D eigenvalue weighted by atomic mass is 9.94. The van der Waals surface area contributed by atoms with E-state index in [0.717, 1.165) is 57.2 Å². The van der Waals surface area contributed by atoms with Crippen molar-refractivity contribution in [2.75, 3.05) is 26.2 Å². The van der Waals surface area contributed by atoms with Crippen LogP contribution in [0.1, 0.15) is 59.1 Å². The summed E-state index contributed by atoms with van der Waals surface area (Å²) in [5.41, 5.74) is -0.00553. The summed E-state index contributed by atoms with van der Waals surface area (Å²) in [6, 6.07) is 0. The van der Waals surface area contributed by atoms with E-state index in [0.29, 0.717) is 5.91 Å². The third-order valence-electron chi connectivity index (χ3n) is 4.66. The van der Waals surface area contributed by atoms with Gasteiger partial charge in [0.1, 0.15) is 5.76 Å². The molecule has 0 saturated carbocycles. The predicted octanol–water partition coefficient (Wildman–Crippen LogP) is 3.05. The average Bonchev–Trinajstić information content (AvgIpc) is 2.98. The molecule has 130 valence electrons. The van der Waals surface area contributed by atoms with Crippen LogP contribution >= 0.6 is 0 Å². The Kier molecular flexibility index (Phi) is 5.84. The Hall–Kier alpha value is -1.36. The van der Waals surface area contributed by atoms with E-state index in [-0.39, 0.29) is 11.3 Å². The molecular formula is C18H31N3O2. The van der Waals surface area contributed by atoms with E-state index in [4.69, 9.17) is 4.42 Å². The van der Waals surface area contributed by atoms with Crippen molar-refractivity contribution in [1.82, 2.24) is 14.8 Å². The Morgan fingerprint density at radius 3 is 2.39 bits per heavy atom. The summed E-state index contributed by atoms with van der Waals surface area (Å²) in [5.74, 6) is 2.21. The molecule has 1 aliphatic heterocycles. The maximum Gasteiger partial charge on any atom is 0.225 e. The molecule has 1 amide bonds. The molecule has 0 unspecified atom stereocenters. The molecule has 1 aromatic rings. The van der Waals surface area contributed by atoms with Gasteiger partial charge < -0.3 is 9.32 Å². The number of rotatable bonds is 5. The minimum atomic E-state index is -0.00553. The molecular weight excluding hydrogens is 290 g/mol. The zero-order valence-electron chi connectivity index (χ0n) is 15.3. The second-order valence-electron chi connectivity index (χ2n) is 7.43. The Morgan fingerprint density at radius 2 is 1.91 bits per heavy atom. The number of carbonyl (C=O) groups is 1. The highest BCUT2D eigenvalue weighted by Gasteiger charge is 2.28. The second kappa shape index (κ2) is 7.47. The summed E-state index contributed by atoms with van der Waals surface area (Å²) in [5, 5.41) is 0. The van der Waals surface area contributed by atoms with Gasteiger partial charge in [0.15, 0.2) is 0 Å². The molecule has 0 aliphatic carbocycles. The van der Waals surface area contributed by atoms with Crippen molar-refractivity contribution in [2.45, 2.75) is 59.4 Å². The van der Waals surface area contributed by atoms with Crippen molar-refractivity contribution >= 4 is 5.91 Å². The summed E-state index contributed by atoms with van der Waals surface area (Å²) in [7, 11) is 0. The number of hydrogen-bond acceptors (Lipinski definition) is 4. The number of likely N-dealkylation sites (tertiary alicyclic amines) is 1. The Labute approximate surface area is 140 Å². The van der Waals surface area contributed by atoms with Crippen molar-refractivity contribution in [1.29, 1.82) is 0 Å². The zero-order chi connectivity index (χ0) is 17.0. The molecule has 2 heterocycles. The minimum Gasteiger partial charge on any atom is -0.444 e. The lowest BCUT2D eigenvalue weighted by Gasteiger charge is -2.33. The van der Waals surface area contributed by atoms with Gasteiger partial charge in [0.2, 0.25) is 11.8 Å². The Bertz CT molecular complexity index is 507. The van der Waals surface area contributed by atoms with Gasteiger partial charge in [-0.1, -0.05) is 20.8 Å². The van der Waals surface area contributed by atoms with Crippen LogP contribution in [0.25, 0.3) is 0 Å². The van der Waals surface area contributed by atoms with E-state index in [1.54, 1.807) is 0 Å². The molecule has 1 saturated heterocycles. The van der Waals surface area contributed by atoms with Crippen molar-refractivity contribution < 1.29 is 9.21 Å². The molecule has 0 spiro atoms. The summed E-state index contributed by atoms with van der Waals surface area (Å²) < 4.78 is 5.87. The maximum atomic E-state index is 12.4. The highest BCUT2D eigenvalue weighted by Crippen LogP contribution is 2.25. The van der Waals surface area contributed by atoms with E-state index < -0.39 is 0 Å². The fourth-order valence-corrected chi connectivity index (χ4v) is 3.05. The van der Waals surface area contributed by atoms with Gasteiger partial charge in [-0.15, -0.1) is 0 Å².